The van der Waals surface area contributed by atoms with Crippen molar-refractivity contribution in [1.29, 1.82) is 0 Å². The molecule has 0 saturated carbocycles. The molecule has 148 valence electrons. The lowest BCUT2D eigenvalue weighted by Gasteiger charge is -2.19. The Balaban J connectivity index is 2.00. The summed E-state index contributed by atoms with van der Waals surface area (Å²) >= 11 is 5.23. The van der Waals surface area contributed by atoms with Gasteiger partial charge in [0, 0.05) is 22.9 Å². The molecule has 0 heterocycles. The van der Waals surface area contributed by atoms with Gasteiger partial charge in [-0.3, -0.25) is 14.9 Å². The molecule has 28 heavy (non-hydrogen) atoms. The van der Waals surface area contributed by atoms with Crippen LogP contribution < -0.4 is 16.0 Å². The number of carbonyl (C=O) groups excluding carboxylic acids is 2. The molecule has 0 spiro atoms. The minimum atomic E-state index is -0.285. The van der Waals surface area contributed by atoms with Gasteiger partial charge in [-0.1, -0.05) is 39.0 Å². The van der Waals surface area contributed by atoms with E-state index in [0.717, 1.165) is 5.56 Å². The molecule has 0 aromatic heterocycles. The second-order valence-corrected chi connectivity index (χ2v) is 8.35. The van der Waals surface area contributed by atoms with Crippen molar-refractivity contribution >= 4 is 34.8 Å². The quantitative estimate of drug-likeness (QED) is 0.675. The Morgan fingerprint density at radius 1 is 0.929 bits per heavy atom. The summed E-state index contributed by atoms with van der Waals surface area (Å²) in [5.74, 6) is -0.445. The molecule has 2 aromatic rings. The second-order valence-electron chi connectivity index (χ2n) is 7.94. The van der Waals surface area contributed by atoms with Crippen LogP contribution in [0.3, 0.4) is 0 Å². The van der Waals surface area contributed by atoms with Crippen LogP contribution in [0, 0.1) is 0 Å². The first-order valence-corrected chi connectivity index (χ1v) is 9.61. The van der Waals surface area contributed by atoms with Gasteiger partial charge in [0.05, 0.1) is 0 Å². The van der Waals surface area contributed by atoms with Crippen LogP contribution in [0.1, 0.15) is 60.9 Å². The van der Waals surface area contributed by atoms with Crippen molar-refractivity contribution in [3.8, 4) is 0 Å². The van der Waals surface area contributed by atoms with E-state index in [9.17, 15) is 9.59 Å². The summed E-state index contributed by atoms with van der Waals surface area (Å²) in [4.78, 5) is 24.5. The molecular formula is C22H27N3O2S. The van der Waals surface area contributed by atoms with Crippen LogP contribution in [0.4, 0.5) is 5.69 Å². The molecule has 5 nitrogen and oxygen atoms in total. The van der Waals surface area contributed by atoms with E-state index in [1.807, 2.05) is 26.0 Å². The number of thiocarbonyl (C=S) groups is 1. The number of carbonyl (C=O) groups is 2. The number of hydrogen-bond acceptors (Lipinski definition) is 3. The van der Waals surface area contributed by atoms with Gasteiger partial charge in [0.15, 0.2) is 5.11 Å². The Morgan fingerprint density at radius 3 is 2.14 bits per heavy atom. The van der Waals surface area contributed by atoms with Gasteiger partial charge in [-0.05, 0) is 67.4 Å². The van der Waals surface area contributed by atoms with Crippen molar-refractivity contribution in [3.63, 3.8) is 0 Å². The Bertz CT molecular complexity index is 868. The van der Waals surface area contributed by atoms with E-state index in [2.05, 4.69) is 36.7 Å². The van der Waals surface area contributed by atoms with E-state index in [1.54, 1.807) is 36.4 Å². The number of benzene rings is 2. The van der Waals surface area contributed by atoms with Crippen LogP contribution in [0.15, 0.2) is 48.5 Å². The second kappa shape index (κ2) is 8.97. The van der Waals surface area contributed by atoms with E-state index >= 15 is 0 Å². The van der Waals surface area contributed by atoms with Crippen LogP contribution in [-0.4, -0.2) is 23.0 Å². The predicted molar refractivity (Wildman–Crippen MR) is 118 cm³/mol. The third-order valence-electron chi connectivity index (χ3n) is 4.04. The Labute approximate surface area is 171 Å². The Hall–Kier alpha value is -2.73. The zero-order chi connectivity index (χ0) is 20.9. The topological polar surface area (TPSA) is 70.2 Å². The summed E-state index contributed by atoms with van der Waals surface area (Å²) in [5, 5.41) is 8.62. The summed E-state index contributed by atoms with van der Waals surface area (Å²) < 4.78 is 0. The van der Waals surface area contributed by atoms with E-state index < -0.39 is 0 Å². The summed E-state index contributed by atoms with van der Waals surface area (Å²) in [7, 11) is 0. The van der Waals surface area contributed by atoms with Crippen LogP contribution in [0.5, 0.6) is 0 Å². The van der Waals surface area contributed by atoms with Gasteiger partial charge >= 0.3 is 0 Å². The highest BCUT2D eigenvalue weighted by Crippen LogP contribution is 2.22. The maximum Gasteiger partial charge on any atom is 0.257 e. The lowest BCUT2D eigenvalue weighted by Crippen LogP contribution is -2.34. The summed E-state index contributed by atoms with van der Waals surface area (Å²) in [6.45, 7) is 10.2. The van der Waals surface area contributed by atoms with Gasteiger partial charge in [0.1, 0.15) is 0 Å². The van der Waals surface area contributed by atoms with Crippen LogP contribution >= 0.6 is 12.2 Å². The largest absolute Gasteiger partial charge is 0.350 e. The van der Waals surface area contributed by atoms with Gasteiger partial charge in [0.25, 0.3) is 11.8 Å². The highest BCUT2D eigenvalue weighted by Gasteiger charge is 2.15. The molecule has 0 atom stereocenters. The van der Waals surface area contributed by atoms with Gasteiger partial charge in [-0.25, -0.2) is 0 Å². The monoisotopic (exact) mass is 397 g/mol. The van der Waals surface area contributed by atoms with Crippen molar-refractivity contribution in [2.24, 2.45) is 0 Å². The minimum Gasteiger partial charge on any atom is -0.350 e. The fourth-order valence-corrected chi connectivity index (χ4v) is 2.75. The molecule has 0 fully saturated rings. The summed E-state index contributed by atoms with van der Waals surface area (Å²) in [6, 6.07) is 14.5. The number of anilines is 1. The maximum atomic E-state index is 12.4. The summed E-state index contributed by atoms with van der Waals surface area (Å²) in [5.41, 5.74) is 2.86. The molecule has 6 heteroatoms. The van der Waals surface area contributed by atoms with Crippen molar-refractivity contribution in [1.82, 2.24) is 10.6 Å². The van der Waals surface area contributed by atoms with Crippen LogP contribution in [0.2, 0.25) is 0 Å². The van der Waals surface area contributed by atoms with Gasteiger partial charge < -0.3 is 10.6 Å². The van der Waals surface area contributed by atoms with Gasteiger partial charge in [0.2, 0.25) is 0 Å². The third-order valence-corrected chi connectivity index (χ3v) is 4.25. The van der Waals surface area contributed by atoms with E-state index in [-0.39, 0.29) is 28.4 Å². The smallest absolute Gasteiger partial charge is 0.257 e. The first kappa shape index (κ1) is 21.6. The predicted octanol–water partition coefficient (Wildman–Crippen LogP) is 4.25. The molecule has 2 amide bonds. The fraction of sp³-hybridized carbons (Fsp3) is 0.318. The lowest BCUT2D eigenvalue weighted by molar-refractivity contribution is 0.0941. The highest BCUT2D eigenvalue weighted by molar-refractivity contribution is 7.80. The number of nitrogens with one attached hydrogen (secondary N) is 3. The van der Waals surface area contributed by atoms with E-state index in [1.165, 1.54) is 0 Å². The average Bonchev–Trinajstić information content (AvgIpc) is 2.60. The normalized spacial score (nSPS) is 11.1. The van der Waals surface area contributed by atoms with Gasteiger partial charge in [-0.2, -0.15) is 0 Å². The van der Waals surface area contributed by atoms with E-state index in [0.29, 0.717) is 16.8 Å². The minimum absolute atomic E-state index is 0.0265. The van der Waals surface area contributed by atoms with Crippen molar-refractivity contribution in [2.75, 3.05) is 5.32 Å². The van der Waals surface area contributed by atoms with Crippen LogP contribution in [0.25, 0.3) is 0 Å². The number of rotatable bonds is 4. The molecule has 0 saturated heterocycles. The molecule has 0 bridgehead atoms. The van der Waals surface area contributed by atoms with Gasteiger partial charge in [-0.15, -0.1) is 0 Å². The number of amides is 2. The van der Waals surface area contributed by atoms with Crippen molar-refractivity contribution in [3.05, 3.63) is 65.2 Å². The first-order valence-electron chi connectivity index (χ1n) is 9.20. The average molecular weight is 398 g/mol. The zero-order valence-electron chi connectivity index (χ0n) is 16.9. The van der Waals surface area contributed by atoms with Crippen molar-refractivity contribution in [2.45, 2.75) is 46.1 Å². The Kier molecular flexibility index (Phi) is 6.91. The molecule has 2 rings (SSSR count). The highest BCUT2D eigenvalue weighted by atomic mass is 32.1. The van der Waals surface area contributed by atoms with Crippen molar-refractivity contribution < 1.29 is 9.59 Å². The molecule has 0 aliphatic rings. The zero-order valence-corrected chi connectivity index (χ0v) is 17.7. The first-order chi connectivity index (χ1) is 13.1. The maximum absolute atomic E-state index is 12.4. The van der Waals surface area contributed by atoms with E-state index in [4.69, 9.17) is 12.2 Å². The standard InChI is InChI=1S/C22H27N3O2S/c1-14(2)23-20(27)16-7-6-8-18(13-16)24-21(28)25-19(26)15-9-11-17(12-10-15)22(3,4)5/h6-14H,1-5H3,(H,23,27)(H2,24,25,26,28). The lowest BCUT2D eigenvalue weighted by atomic mass is 9.87. The molecular weight excluding hydrogens is 370 g/mol. The molecule has 2 aromatic carbocycles. The van der Waals surface area contributed by atoms with Crippen LogP contribution in [-0.2, 0) is 5.41 Å². The molecule has 0 unspecified atom stereocenters. The summed E-state index contributed by atoms with van der Waals surface area (Å²) in [6.07, 6.45) is 0. The fourth-order valence-electron chi connectivity index (χ4n) is 2.54. The molecule has 0 aliphatic heterocycles. The number of hydrogen-bond donors (Lipinski definition) is 3. The Morgan fingerprint density at radius 2 is 1.57 bits per heavy atom. The molecule has 0 aliphatic carbocycles. The third kappa shape index (κ3) is 6.16. The molecule has 3 N–H and O–H groups in total. The molecule has 0 radical (unpaired) electrons. The SMILES string of the molecule is CC(C)NC(=O)c1cccc(NC(=S)NC(=O)c2ccc(C(C)(C)C)cc2)c1.